The largest absolute Gasteiger partial charge is 0.477 e. The summed E-state index contributed by atoms with van der Waals surface area (Å²) in [6.07, 6.45) is 1.51. The minimum absolute atomic E-state index is 0.0231. The first-order chi connectivity index (χ1) is 9.88. The smallest absolute Gasteiger partial charge is 0.341 e. The van der Waals surface area contributed by atoms with Crippen molar-refractivity contribution in [1.82, 2.24) is 4.98 Å². The second-order valence-electron chi connectivity index (χ2n) is 5.09. The zero-order valence-electron chi connectivity index (χ0n) is 12.1. The van der Waals surface area contributed by atoms with Gasteiger partial charge in [-0.2, -0.15) is 0 Å². The van der Waals surface area contributed by atoms with E-state index in [2.05, 4.69) is 34.8 Å². The molecule has 1 aromatic heterocycles. The summed E-state index contributed by atoms with van der Waals surface area (Å²) >= 11 is 3.21. The van der Waals surface area contributed by atoms with Crippen LogP contribution in [-0.2, 0) is 0 Å². The lowest BCUT2D eigenvalue weighted by Crippen LogP contribution is -2.02. The molecule has 0 aliphatic rings. The molecule has 0 aliphatic heterocycles. The molecule has 1 heterocycles. The Morgan fingerprint density at radius 2 is 2.05 bits per heavy atom. The Morgan fingerprint density at radius 1 is 1.33 bits per heavy atom. The van der Waals surface area contributed by atoms with Crippen molar-refractivity contribution in [2.24, 2.45) is 0 Å². The van der Waals surface area contributed by atoms with Gasteiger partial charge in [-0.15, -0.1) is 0 Å². The molecule has 0 fully saturated rings. The van der Waals surface area contributed by atoms with Crippen molar-refractivity contribution in [2.45, 2.75) is 26.7 Å². The fraction of sp³-hybridized carbons (Fsp3) is 0.250. The van der Waals surface area contributed by atoms with Gasteiger partial charge in [-0.1, -0.05) is 19.9 Å². The summed E-state index contributed by atoms with van der Waals surface area (Å²) in [5.41, 5.74) is 2.37. The number of aryl methyl sites for hydroxylation is 1. The first-order valence-electron chi connectivity index (χ1n) is 6.55. The maximum Gasteiger partial charge on any atom is 0.341 e. The molecule has 2 aromatic rings. The van der Waals surface area contributed by atoms with Gasteiger partial charge in [0.1, 0.15) is 11.3 Å². The zero-order chi connectivity index (χ0) is 15.6. The van der Waals surface area contributed by atoms with Crippen LogP contribution in [0.1, 0.15) is 41.3 Å². The Morgan fingerprint density at radius 3 is 2.62 bits per heavy atom. The quantitative estimate of drug-likeness (QED) is 0.863. The Balaban J connectivity index is 2.35. The topological polar surface area (TPSA) is 59.4 Å². The third-order valence-corrected chi connectivity index (χ3v) is 3.56. The Hall–Kier alpha value is -1.88. The number of carboxylic acids is 1. The molecule has 1 aromatic carbocycles. The van der Waals surface area contributed by atoms with Crippen LogP contribution in [0.15, 0.2) is 34.9 Å². The Kier molecular flexibility index (Phi) is 4.63. The highest BCUT2D eigenvalue weighted by Crippen LogP contribution is 2.29. The van der Waals surface area contributed by atoms with E-state index in [0.717, 1.165) is 5.56 Å². The third-order valence-electron chi connectivity index (χ3n) is 3.13. The van der Waals surface area contributed by atoms with E-state index >= 15 is 0 Å². The molecule has 21 heavy (non-hydrogen) atoms. The molecule has 0 saturated carbocycles. The number of carbonyl (C=O) groups is 1. The molecule has 0 unspecified atom stereocenters. The summed E-state index contributed by atoms with van der Waals surface area (Å²) in [6, 6.07) is 7.19. The first kappa shape index (κ1) is 15.5. The van der Waals surface area contributed by atoms with Crippen LogP contribution < -0.4 is 4.74 Å². The van der Waals surface area contributed by atoms with Gasteiger partial charge in [0, 0.05) is 10.7 Å². The number of rotatable bonds is 4. The standard InChI is InChI=1S/C16H16BrNO3/c1-9(2)13-5-4-12(6-10(13)3)21-15-14(16(19)20)7-11(17)8-18-15/h4-9H,1-3H3,(H,19,20). The van der Waals surface area contributed by atoms with Crippen molar-refractivity contribution in [3.8, 4) is 11.6 Å². The molecule has 0 bridgehead atoms. The number of pyridine rings is 1. The van der Waals surface area contributed by atoms with Gasteiger partial charge < -0.3 is 9.84 Å². The number of hydrogen-bond acceptors (Lipinski definition) is 3. The molecule has 0 aliphatic carbocycles. The number of carboxylic acid groups (broad SMARTS) is 1. The number of benzene rings is 1. The van der Waals surface area contributed by atoms with E-state index in [1.54, 1.807) is 0 Å². The van der Waals surface area contributed by atoms with Gasteiger partial charge in [-0.05, 0) is 58.1 Å². The molecular weight excluding hydrogens is 334 g/mol. The summed E-state index contributed by atoms with van der Waals surface area (Å²) in [5.74, 6) is 0.0189. The average molecular weight is 350 g/mol. The van der Waals surface area contributed by atoms with Crippen molar-refractivity contribution >= 4 is 21.9 Å². The van der Waals surface area contributed by atoms with Crippen LogP contribution in [0.4, 0.5) is 0 Å². The summed E-state index contributed by atoms with van der Waals surface area (Å²) in [6.45, 7) is 6.26. The summed E-state index contributed by atoms with van der Waals surface area (Å²) in [7, 11) is 0. The molecule has 110 valence electrons. The second kappa shape index (κ2) is 6.26. The molecule has 0 saturated heterocycles. The second-order valence-corrected chi connectivity index (χ2v) is 6.00. The maximum absolute atomic E-state index is 11.2. The number of aromatic nitrogens is 1. The van der Waals surface area contributed by atoms with Crippen LogP contribution in [0.2, 0.25) is 0 Å². The lowest BCUT2D eigenvalue weighted by Gasteiger charge is -2.12. The van der Waals surface area contributed by atoms with E-state index in [-0.39, 0.29) is 11.4 Å². The fourth-order valence-corrected chi connectivity index (χ4v) is 2.46. The first-order valence-corrected chi connectivity index (χ1v) is 7.35. The highest BCUT2D eigenvalue weighted by Gasteiger charge is 2.15. The highest BCUT2D eigenvalue weighted by atomic mass is 79.9. The van der Waals surface area contributed by atoms with Gasteiger partial charge in [0.15, 0.2) is 0 Å². The van der Waals surface area contributed by atoms with Crippen molar-refractivity contribution in [3.05, 3.63) is 51.6 Å². The fourth-order valence-electron chi connectivity index (χ4n) is 2.13. The van der Waals surface area contributed by atoms with Gasteiger partial charge in [0.2, 0.25) is 5.88 Å². The van der Waals surface area contributed by atoms with E-state index in [1.165, 1.54) is 17.8 Å². The van der Waals surface area contributed by atoms with E-state index in [1.807, 2.05) is 25.1 Å². The molecule has 0 spiro atoms. The average Bonchev–Trinajstić information content (AvgIpc) is 2.40. The number of hydrogen-bond donors (Lipinski definition) is 1. The van der Waals surface area contributed by atoms with E-state index in [9.17, 15) is 9.90 Å². The summed E-state index contributed by atoms with van der Waals surface area (Å²) < 4.78 is 6.22. The van der Waals surface area contributed by atoms with E-state index in [0.29, 0.717) is 16.1 Å². The number of halogens is 1. The molecule has 2 rings (SSSR count). The van der Waals surface area contributed by atoms with Crippen LogP contribution >= 0.6 is 15.9 Å². The van der Waals surface area contributed by atoms with Crippen LogP contribution in [0, 0.1) is 6.92 Å². The summed E-state index contributed by atoms with van der Waals surface area (Å²) in [4.78, 5) is 15.3. The number of aromatic carboxylic acids is 1. The predicted octanol–water partition coefficient (Wildman–Crippen LogP) is 4.77. The minimum Gasteiger partial charge on any atom is -0.477 e. The number of ether oxygens (including phenoxy) is 1. The maximum atomic E-state index is 11.2. The van der Waals surface area contributed by atoms with Crippen molar-refractivity contribution < 1.29 is 14.6 Å². The Labute approximate surface area is 131 Å². The molecule has 0 amide bonds. The number of nitrogens with zero attached hydrogens (tertiary/aromatic N) is 1. The normalized spacial score (nSPS) is 10.7. The van der Waals surface area contributed by atoms with Gasteiger partial charge in [-0.3, -0.25) is 0 Å². The highest BCUT2D eigenvalue weighted by molar-refractivity contribution is 9.10. The molecule has 0 radical (unpaired) electrons. The van der Waals surface area contributed by atoms with Crippen LogP contribution in [0.5, 0.6) is 11.6 Å². The lowest BCUT2D eigenvalue weighted by atomic mass is 9.98. The monoisotopic (exact) mass is 349 g/mol. The van der Waals surface area contributed by atoms with E-state index in [4.69, 9.17) is 4.74 Å². The van der Waals surface area contributed by atoms with Gasteiger partial charge >= 0.3 is 5.97 Å². The summed E-state index contributed by atoms with van der Waals surface area (Å²) in [5, 5.41) is 9.20. The molecule has 4 nitrogen and oxygen atoms in total. The van der Waals surface area contributed by atoms with Crippen molar-refractivity contribution in [2.75, 3.05) is 0 Å². The molecule has 5 heteroatoms. The van der Waals surface area contributed by atoms with Crippen LogP contribution in [0.3, 0.4) is 0 Å². The van der Waals surface area contributed by atoms with Gasteiger partial charge in [0.25, 0.3) is 0 Å². The van der Waals surface area contributed by atoms with Crippen molar-refractivity contribution in [1.29, 1.82) is 0 Å². The predicted molar refractivity (Wildman–Crippen MR) is 84.2 cm³/mol. The van der Waals surface area contributed by atoms with Gasteiger partial charge in [-0.25, -0.2) is 9.78 Å². The SMILES string of the molecule is Cc1cc(Oc2ncc(Br)cc2C(=O)O)ccc1C(C)C. The molecule has 0 atom stereocenters. The minimum atomic E-state index is -1.07. The third kappa shape index (κ3) is 3.61. The van der Waals surface area contributed by atoms with Gasteiger partial charge in [0.05, 0.1) is 0 Å². The zero-order valence-corrected chi connectivity index (χ0v) is 13.6. The lowest BCUT2D eigenvalue weighted by molar-refractivity contribution is 0.0693. The van der Waals surface area contributed by atoms with Crippen LogP contribution in [0.25, 0.3) is 0 Å². The van der Waals surface area contributed by atoms with E-state index < -0.39 is 5.97 Å². The molecular formula is C16H16BrNO3. The molecule has 1 N–H and O–H groups in total. The Bertz CT molecular complexity index is 683. The van der Waals surface area contributed by atoms with Crippen molar-refractivity contribution in [3.63, 3.8) is 0 Å². The van der Waals surface area contributed by atoms with Crippen LogP contribution in [-0.4, -0.2) is 16.1 Å².